The van der Waals surface area contributed by atoms with E-state index in [1.165, 1.54) is 171 Å². The topological polar surface area (TPSA) is 0 Å². The van der Waals surface area contributed by atoms with Gasteiger partial charge >= 0.3 is 280 Å². The SMILES string of the molecule is CCCC[PH](CCCC)(CCCC)[Ru]([Cl])([Cl])([PH](CCCC)(CCCC)CCCC)[PH](CCCC)(CCCC)CCCC. The Morgan fingerprint density at radius 2 is 0.405 bits per heavy atom. The number of hydrogen-bond donors (Lipinski definition) is 0. The van der Waals surface area contributed by atoms with Crippen LogP contribution in [0.1, 0.15) is 178 Å². The molecule has 0 spiro atoms. The molecular weight excluding hydrogens is 697 g/mol. The van der Waals surface area contributed by atoms with Crippen LogP contribution in [-0.4, -0.2) is 55.5 Å². The second-order valence-electron chi connectivity index (χ2n) is 14.0. The zero-order chi connectivity index (χ0) is 32.0. The molecule has 0 rings (SSSR count). The molecule has 0 aromatic carbocycles. The van der Waals surface area contributed by atoms with Gasteiger partial charge in [-0.05, 0) is 0 Å². The molecule has 0 saturated carbocycles. The van der Waals surface area contributed by atoms with E-state index in [1.54, 1.807) is 0 Å². The third-order valence-corrected chi connectivity index (χ3v) is 137. The average Bonchev–Trinajstić information content (AvgIpc) is 3.00. The summed E-state index contributed by atoms with van der Waals surface area (Å²) in [5.41, 5.74) is -5.93. The summed E-state index contributed by atoms with van der Waals surface area (Å²) in [6, 6.07) is 0. The standard InChI is InChI=1S/3C12H27P.2ClH.Ru/c3*1-4-7-10-13(11-8-5-2)12-9-6-3;;;/h3*4-12H2,1-3H3;2*1H;/q;;;;;-1/p+1. The van der Waals surface area contributed by atoms with Crippen molar-refractivity contribution in [3.05, 3.63) is 0 Å². The van der Waals surface area contributed by atoms with E-state index in [0.717, 1.165) is 0 Å². The van der Waals surface area contributed by atoms with E-state index >= 15 is 0 Å². The van der Waals surface area contributed by atoms with Crippen molar-refractivity contribution in [3.63, 3.8) is 0 Å². The molecule has 0 saturated heterocycles. The molecule has 42 heavy (non-hydrogen) atoms. The fraction of sp³-hybridized carbons (Fsp3) is 1.00. The average molecular weight is 782 g/mol. The van der Waals surface area contributed by atoms with Gasteiger partial charge in [0.15, 0.2) is 0 Å². The van der Waals surface area contributed by atoms with Gasteiger partial charge < -0.3 is 0 Å². The molecule has 6 heteroatoms. The molecule has 0 nitrogen and oxygen atoms in total. The zero-order valence-corrected chi connectivity index (χ0v) is 37.0. The van der Waals surface area contributed by atoms with Crippen LogP contribution in [0, 0.1) is 0 Å². The fourth-order valence-corrected chi connectivity index (χ4v) is 163. The molecule has 0 aliphatic heterocycles. The Bertz CT molecular complexity index is 507. The van der Waals surface area contributed by atoms with E-state index in [1.807, 2.05) is 0 Å². The van der Waals surface area contributed by atoms with Gasteiger partial charge in [-0.3, -0.25) is 0 Å². The Hall–Kier alpha value is 2.49. The Labute approximate surface area is 277 Å². The van der Waals surface area contributed by atoms with Crippen molar-refractivity contribution in [2.45, 2.75) is 178 Å². The van der Waals surface area contributed by atoms with Gasteiger partial charge in [0.25, 0.3) is 0 Å². The molecule has 0 aromatic rings. The first-order valence-corrected chi connectivity index (χ1v) is 39.1. The quantitative estimate of drug-likeness (QED) is 0.0503. The Morgan fingerprint density at radius 3 is 0.500 bits per heavy atom. The van der Waals surface area contributed by atoms with E-state index in [2.05, 4.69) is 62.3 Å². The van der Waals surface area contributed by atoms with Crippen LogP contribution in [0.15, 0.2) is 0 Å². The van der Waals surface area contributed by atoms with E-state index in [4.69, 9.17) is 0 Å². The summed E-state index contributed by atoms with van der Waals surface area (Å²) in [5.74, 6) is 0. The van der Waals surface area contributed by atoms with Crippen LogP contribution in [0.4, 0.5) is 0 Å². The maximum atomic E-state index is 9.61. The fourth-order valence-electron chi connectivity index (χ4n) is 8.12. The van der Waals surface area contributed by atoms with Crippen molar-refractivity contribution in [2.24, 2.45) is 0 Å². The number of rotatable bonds is 30. The second-order valence-corrected chi connectivity index (χ2v) is 79.3. The van der Waals surface area contributed by atoms with E-state index in [0.29, 0.717) is 0 Å². The first-order chi connectivity index (χ1) is 20.1. The molecule has 0 unspecified atom stereocenters. The predicted octanol–water partition coefficient (Wildman–Crippen LogP) is 15.2. The first-order valence-electron chi connectivity index (χ1n) is 19.3. The molecule has 0 aromatic heterocycles. The number of halogens is 2. The summed E-state index contributed by atoms with van der Waals surface area (Å²) in [6.45, 7) is 22.1. The van der Waals surface area contributed by atoms with Crippen LogP contribution >= 0.6 is 36.2 Å². The van der Waals surface area contributed by atoms with Gasteiger partial charge in [0.2, 0.25) is 0 Å². The summed E-state index contributed by atoms with van der Waals surface area (Å²) in [5, 5.41) is 0. The molecule has 0 aliphatic rings. The Morgan fingerprint density at radius 1 is 0.286 bits per heavy atom. The zero-order valence-electron chi connectivity index (χ0n) is 30.7. The number of unbranched alkanes of at least 4 members (excludes halogenated alkanes) is 9. The third-order valence-electron chi connectivity index (χ3n) is 10.7. The molecule has 0 aliphatic carbocycles. The minimum atomic E-state index is -3.94. The van der Waals surface area contributed by atoms with Crippen LogP contribution in [0.3, 0.4) is 0 Å². The van der Waals surface area contributed by atoms with E-state index in [9.17, 15) is 19.4 Å². The van der Waals surface area contributed by atoms with Crippen molar-refractivity contribution < 1.29 is 10.2 Å². The second kappa shape index (κ2) is 23.8. The molecule has 0 heterocycles. The third kappa shape index (κ3) is 10.5. The van der Waals surface area contributed by atoms with Crippen LogP contribution in [0.2, 0.25) is 0 Å². The van der Waals surface area contributed by atoms with Gasteiger partial charge in [-0.2, -0.15) is 0 Å². The molecule has 0 bridgehead atoms. The van der Waals surface area contributed by atoms with Crippen molar-refractivity contribution in [2.75, 3.05) is 55.5 Å². The van der Waals surface area contributed by atoms with Crippen molar-refractivity contribution >= 4 is 36.2 Å². The summed E-state index contributed by atoms with van der Waals surface area (Å²) < 4.78 is 0. The summed E-state index contributed by atoms with van der Waals surface area (Å²) in [7, 11) is 15.3. The summed E-state index contributed by atoms with van der Waals surface area (Å²) in [4.78, 5) is 0. The van der Waals surface area contributed by atoms with Gasteiger partial charge in [-0.15, -0.1) is 0 Å². The van der Waals surface area contributed by atoms with Crippen molar-refractivity contribution in [3.8, 4) is 0 Å². The van der Waals surface area contributed by atoms with Gasteiger partial charge in [0, 0.05) is 0 Å². The molecule has 0 fully saturated rings. The molecule has 0 amide bonds. The summed E-state index contributed by atoms with van der Waals surface area (Å²) >= 11 is 0. The first kappa shape index (κ1) is 44.5. The van der Waals surface area contributed by atoms with E-state index < -0.39 is 27.0 Å². The summed E-state index contributed by atoms with van der Waals surface area (Å²) in [6.07, 6.45) is 37.8. The molecule has 0 atom stereocenters. The normalized spacial score (nSPS) is 15.5. The van der Waals surface area contributed by atoms with Gasteiger partial charge in [0.1, 0.15) is 0 Å². The van der Waals surface area contributed by atoms with Crippen molar-refractivity contribution in [1.82, 2.24) is 0 Å². The minimum absolute atomic E-state index is 1.32. The monoisotopic (exact) mass is 781 g/mol. The van der Waals surface area contributed by atoms with Gasteiger partial charge in [-0.1, -0.05) is 0 Å². The van der Waals surface area contributed by atoms with E-state index in [-0.39, 0.29) is 0 Å². The maximum absolute atomic E-state index is 9.61. The number of hydrogen-bond acceptors (Lipinski definition) is 0. The van der Waals surface area contributed by atoms with Crippen LogP contribution in [-0.2, 0) is 10.2 Å². The van der Waals surface area contributed by atoms with Crippen LogP contribution in [0.5, 0.6) is 0 Å². The Balaban J connectivity index is 8.47. The molecule has 0 N–H and O–H groups in total. The molecule has 265 valence electrons. The molecular formula is C36H84Cl2P3Ru. The predicted molar refractivity (Wildman–Crippen MR) is 215 cm³/mol. The van der Waals surface area contributed by atoms with Crippen LogP contribution in [0.25, 0.3) is 0 Å². The van der Waals surface area contributed by atoms with Gasteiger partial charge in [0.05, 0.1) is 0 Å². The van der Waals surface area contributed by atoms with Gasteiger partial charge in [-0.25, -0.2) is 0 Å². The van der Waals surface area contributed by atoms with Crippen molar-refractivity contribution in [1.29, 1.82) is 0 Å². The molecule has 0 radical (unpaired) electrons. The van der Waals surface area contributed by atoms with Crippen LogP contribution < -0.4 is 0 Å². The Kier molecular flexibility index (Phi) is 25.2.